The Morgan fingerprint density at radius 1 is 1.47 bits per heavy atom. The number of carbonyl (C=O) groups is 1. The molecule has 6 nitrogen and oxygen atoms in total. The van der Waals surface area contributed by atoms with Crippen molar-refractivity contribution in [1.82, 2.24) is 0 Å². The third-order valence-electron chi connectivity index (χ3n) is 1.25. The van der Waals surface area contributed by atoms with E-state index < -0.39 is 10.1 Å². The number of nitrogens with zero attached hydrogens (tertiary/aromatic N) is 1. The molecule has 0 aliphatic rings. The van der Waals surface area contributed by atoms with E-state index in [1.807, 2.05) is 0 Å². The molecule has 1 rings (SSSR count). The summed E-state index contributed by atoms with van der Waals surface area (Å²) in [6.07, 6.45) is 0. The quantitative estimate of drug-likeness (QED) is 0.432. The van der Waals surface area contributed by atoms with Crippen molar-refractivity contribution in [2.45, 2.75) is 11.8 Å². The molecule has 0 saturated carbocycles. The number of primary amides is 1. The van der Waals surface area contributed by atoms with Gasteiger partial charge in [-0.05, 0) is 18.2 Å². The summed E-state index contributed by atoms with van der Waals surface area (Å²) in [5.74, 6) is -0.333. The first-order valence-electron chi connectivity index (χ1n) is 3.99. The zero-order valence-corrected chi connectivity index (χ0v) is 13.3. The van der Waals surface area contributed by atoms with Crippen molar-refractivity contribution in [2.24, 2.45) is 5.73 Å². The summed E-state index contributed by atoms with van der Waals surface area (Å²) < 4.78 is 31.3. The van der Waals surface area contributed by atoms with Gasteiger partial charge < -0.3 is 10.3 Å². The summed E-state index contributed by atoms with van der Waals surface area (Å²) >= 11 is 0. The fourth-order valence-electron chi connectivity index (χ4n) is 0.721. The molecule has 0 radical (unpaired) electrons. The zero-order chi connectivity index (χ0) is 12.8. The number of nitrogens with two attached hydrogens (primary N) is 1. The van der Waals surface area contributed by atoms with E-state index in [1.54, 1.807) is 6.07 Å². The van der Waals surface area contributed by atoms with Crippen LogP contribution in [0.4, 0.5) is 0 Å². The summed E-state index contributed by atoms with van der Waals surface area (Å²) in [5, 5.41) is 8.38. The zero-order valence-electron chi connectivity index (χ0n) is 9.38. The Morgan fingerprint density at radius 2 is 1.94 bits per heavy atom. The molecule has 86 valence electrons. The molecule has 0 atom stereocenters. The number of nitriles is 1. The van der Waals surface area contributed by atoms with Crippen molar-refractivity contribution >= 4 is 16.0 Å². The van der Waals surface area contributed by atoms with Gasteiger partial charge in [-0.1, -0.05) is 6.07 Å². The van der Waals surface area contributed by atoms with Crippen LogP contribution in [0.1, 0.15) is 12.5 Å². The van der Waals surface area contributed by atoms with Gasteiger partial charge in [-0.25, -0.2) is 8.42 Å². The first-order chi connectivity index (χ1) is 7.27. The van der Waals surface area contributed by atoms with Crippen molar-refractivity contribution < 1.29 is 69.1 Å². The first kappa shape index (κ1) is 19.1. The van der Waals surface area contributed by atoms with Gasteiger partial charge in [-0.3, -0.25) is 4.79 Å². The normalized spacial score (nSPS) is 9.00. The Labute approximate surface area is 142 Å². The van der Waals surface area contributed by atoms with Crippen molar-refractivity contribution in [3.63, 3.8) is 0 Å². The smallest absolute Gasteiger partial charge is 0.744 e. The molecule has 0 bridgehead atoms. The minimum atomic E-state index is -4.44. The molecule has 0 aromatic heterocycles. The summed E-state index contributed by atoms with van der Waals surface area (Å²) in [4.78, 5) is 8.85. The average molecular weight is 280 g/mol. The molecule has 0 aliphatic carbocycles. The van der Waals surface area contributed by atoms with E-state index in [0.717, 1.165) is 12.1 Å². The predicted octanol–water partition coefficient (Wildman–Crippen LogP) is -3.04. The Kier molecular flexibility index (Phi) is 9.83. The Balaban J connectivity index is 0. The van der Waals surface area contributed by atoms with Crippen LogP contribution in [0.2, 0.25) is 0 Å². The number of benzene rings is 1. The van der Waals surface area contributed by atoms with Gasteiger partial charge in [0.1, 0.15) is 10.1 Å². The summed E-state index contributed by atoms with van der Waals surface area (Å²) in [6, 6.07) is 6.71. The van der Waals surface area contributed by atoms with Crippen LogP contribution < -0.4 is 57.1 Å². The molecule has 0 spiro atoms. The van der Waals surface area contributed by atoms with Gasteiger partial charge in [-0.15, -0.1) is 0 Å². The topological polar surface area (TPSA) is 124 Å². The molecule has 0 saturated heterocycles. The van der Waals surface area contributed by atoms with Crippen LogP contribution in [0.15, 0.2) is 29.2 Å². The number of carbonyl (C=O) groups excluding carboxylic acids is 1. The second-order valence-corrected chi connectivity index (χ2v) is 4.08. The number of hydrogen-bond donors (Lipinski definition) is 1. The van der Waals surface area contributed by atoms with Gasteiger partial charge in [0.05, 0.1) is 16.5 Å². The molecule has 1 aromatic rings. The van der Waals surface area contributed by atoms with E-state index in [9.17, 15) is 17.8 Å². The third kappa shape index (κ3) is 9.43. The molecule has 1 amide bonds. The van der Waals surface area contributed by atoms with Gasteiger partial charge in [-0.2, -0.15) is 5.26 Å². The van der Waals surface area contributed by atoms with Crippen molar-refractivity contribution in [3.8, 4) is 6.07 Å². The number of amides is 1. The van der Waals surface area contributed by atoms with Crippen molar-refractivity contribution in [1.29, 1.82) is 5.26 Å². The Hall–Kier alpha value is -0.274. The molecular weight excluding hydrogens is 271 g/mol. The molecular formula is C9H9KN2O4S. The molecule has 0 heterocycles. The first-order valence-corrected chi connectivity index (χ1v) is 5.40. The number of hydrogen-bond acceptors (Lipinski definition) is 5. The SMILES string of the molecule is CC(N)=O.N#Cc1cccc(S(=O)(=O)[O-])c1.[K+]. The van der Waals surface area contributed by atoms with E-state index in [0.29, 0.717) is 0 Å². The van der Waals surface area contributed by atoms with Gasteiger partial charge in [0.15, 0.2) is 0 Å². The molecule has 0 aliphatic heterocycles. The summed E-state index contributed by atoms with van der Waals surface area (Å²) in [7, 11) is -4.44. The molecule has 0 fully saturated rings. The monoisotopic (exact) mass is 280 g/mol. The molecule has 2 N–H and O–H groups in total. The Morgan fingerprint density at radius 3 is 2.29 bits per heavy atom. The largest absolute Gasteiger partial charge is 1.00 e. The summed E-state index contributed by atoms with van der Waals surface area (Å²) in [5.41, 5.74) is 4.63. The maximum absolute atomic E-state index is 10.4. The van der Waals surface area contributed by atoms with Crippen molar-refractivity contribution in [3.05, 3.63) is 29.8 Å². The maximum atomic E-state index is 10.4. The molecule has 1 aromatic carbocycles. The van der Waals surface area contributed by atoms with Crippen LogP contribution in [0.25, 0.3) is 0 Å². The minimum absolute atomic E-state index is 0. The van der Waals surface area contributed by atoms with Crippen LogP contribution in [-0.4, -0.2) is 18.9 Å². The van der Waals surface area contributed by atoms with E-state index >= 15 is 0 Å². The Bertz CT molecular complexity index is 518. The fraction of sp³-hybridized carbons (Fsp3) is 0.111. The van der Waals surface area contributed by atoms with Gasteiger partial charge in [0.2, 0.25) is 5.91 Å². The van der Waals surface area contributed by atoms with Crippen LogP contribution in [0, 0.1) is 11.3 Å². The molecule has 8 heteroatoms. The van der Waals surface area contributed by atoms with Gasteiger partial charge in [0, 0.05) is 6.92 Å². The van der Waals surface area contributed by atoms with E-state index in [-0.39, 0.29) is 67.8 Å². The maximum Gasteiger partial charge on any atom is 1.00 e. The van der Waals surface area contributed by atoms with Gasteiger partial charge >= 0.3 is 51.4 Å². The predicted molar refractivity (Wildman–Crippen MR) is 54.0 cm³/mol. The van der Waals surface area contributed by atoms with Crippen LogP contribution in [-0.2, 0) is 14.9 Å². The fourth-order valence-corrected chi connectivity index (χ4v) is 1.24. The minimum Gasteiger partial charge on any atom is -0.744 e. The number of rotatable bonds is 1. The second-order valence-electron chi connectivity index (χ2n) is 2.70. The van der Waals surface area contributed by atoms with Crippen LogP contribution >= 0.6 is 0 Å². The van der Waals surface area contributed by atoms with E-state index in [2.05, 4.69) is 5.73 Å². The average Bonchev–Trinajstić information content (AvgIpc) is 2.16. The molecule has 0 unspecified atom stereocenters. The van der Waals surface area contributed by atoms with Crippen LogP contribution in [0.3, 0.4) is 0 Å². The third-order valence-corrected chi connectivity index (χ3v) is 2.08. The van der Waals surface area contributed by atoms with E-state index in [1.165, 1.54) is 19.1 Å². The standard InChI is InChI=1S/C7H5NO3S.C2H5NO.K/c8-5-6-2-1-3-7(4-6)12(9,10)11;1-2(3)4;/h1-4H,(H,9,10,11);1H3,(H2,3,4);/q;;+1/p-1. The van der Waals surface area contributed by atoms with E-state index in [4.69, 9.17) is 5.26 Å². The molecule has 17 heavy (non-hydrogen) atoms. The van der Waals surface area contributed by atoms with Crippen LogP contribution in [0.5, 0.6) is 0 Å². The summed E-state index contributed by atoms with van der Waals surface area (Å²) in [6.45, 7) is 1.31. The van der Waals surface area contributed by atoms with Gasteiger partial charge in [0.25, 0.3) is 0 Å². The van der Waals surface area contributed by atoms with Crippen molar-refractivity contribution in [2.75, 3.05) is 0 Å². The second kappa shape index (κ2) is 8.76.